The van der Waals surface area contributed by atoms with Crippen LogP contribution >= 0.6 is 23.2 Å². The second-order valence-electron chi connectivity index (χ2n) is 3.81. The van der Waals surface area contributed by atoms with E-state index in [1.807, 2.05) is 0 Å². The van der Waals surface area contributed by atoms with Crippen molar-refractivity contribution >= 4 is 34.9 Å². The van der Waals surface area contributed by atoms with Gasteiger partial charge in [-0.05, 0) is 24.3 Å². The fourth-order valence-electron chi connectivity index (χ4n) is 1.45. The van der Waals surface area contributed by atoms with Crippen LogP contribution in [0.25, 0.3) is 0 Å². The first-order valence-electron chi connectivity index (χ1n) is 5.62. The van der Waals surface area contributed by atoms with Gasteiger partial charge in [0.1, 0.15) is 0 Å². The maximum Gasteiger partial charge on any atom is 0.319 e. The average molecular weight is 299 g/mol. The molecule has 0 saturated heterocycles. The molecule has 0 aliphatic carbocycles. The fourth-order valence-corrected chi connectivity index (χ4v) is 1.74. The van der Waals surface area contributed by atoms with Crippen molar-refractivity contribution < 1.29 is 4.79 Å². The molecule has 0 radical (unpaired) electrons. The number of hydrogen-bond acceptors (Lipinski definition) is 2. The van der Waals surface area contributed by atoms with Crippen LogP contribution < -0.4 is 10.6 Å². The molecule has 0 atom stereocenters. The van der Waals surface area contributed by atoms with Crippen LogP contribution in [0, 0.1) is 0 Å². The number of urea groups is 1. The van der Waals surface area contributed by atoms with Crippen molar-refractivity contribution in [2.24, 2.45) is 0 Å². The zero-order valence-electron chi connectivity index (χ0n) is 9.94. The molecular formula is C12H12Cl2N4O. The SMILES string of the molecule is O=C(NCCn1cc(Cl)cn1)Nc1ccc(Cl)cc1. The molecule has 19 heavy (non-hydrogen) atoms. The van der Waals surface area contributed by atoms with E-state index in [-0.39, 0.29) is 6.03 Å². The molecule has 7 heteroatoms. The first-order chi connectivity index (χ1) is 9.13. The van der Waals surface area contributed by atoms with E-state index in [0.717, 1.165) is 0 Å². The molecule has 2 aromatic rings. The molecule has 0 aliphatic rings. The van der Waals surface area contributed by atoms with Crippen LogP contribution in [0.1, 0.15) is 0 Å². The first kappa shape index (κ1) is 13.7. The maximum absolute atomic E-state index is 11.6. The van der Waals surface area contributed by atoms with Crippen molar-refractivity contribution in [3.63, 3.8) is 0 Å². The van der Waals surface area contributed by atoms with Gasteiger partial charge in [-0.25, -0.2) is 4.79 Å². The van der Waals surface area contributed by atoms with Gasteiger partial charge in [-0.3, -0.25) is 4.68 Å². The summed E-state index contributed by atoms with van der Waals surface area (Å²) in [5, 5.41) is 10.6. The number of nitrogens with zero attached hydrogens (tertiary/aromatic N) is 2. The predicted molar refractivity (Wildman–Crippen MR) is 75.7 cm³/mol. The normalized spacial score (nSPS) is 10.2. The molecule has 0 saturated carbocycles. The number of amides is 2. The maximum atomic E-state index is 11.6. The number of hydrogen-bond donors (Lipinski definition) is 2. The minimum absolute atomic E-state index is 0.277. The van der Waals surface area contributed by atoms with Crippen molar-refractivity contribution in [2.75, 3.05) is 11.9 Å². The van der Waals surface area contributed by atoms with E-state index in [9.17, 15) is 4.79 Å². The summed E-state index contributed by atoms with van der Waals surface area (Å²) in [6.07, 6.45) is 3.25. The standard InChI is InChI=1S/C12H12Cl2N4O/c13-9-1-3-11(4-2-9)17-12(19)15-5-6-18-8-10(14)7-16-18/h1-4,7-8H,5-6H2,(H2,15,17,19). The predicted octanol–water partition coefficient (Wildman–Crippen LogP) is 3.01. The van der Waals surface area contributed by atoms with Gasteiger partial charge in [-0.15, -0.1) is 0 Å². The molecule has 2 rings (SSSR count). The lowest BCUT2D eigenvalue weighted by Gasteiger charge is -2.07. The Bertz CT molecular complexity index is 553. The second-order valence-corrected chi connectivity index (χ2v) is 4.68. The van der Waals surface area contributed by atoms with Crippen LogP contribution in [0.15, 0.2) is 36.7 Å². The smallest absolute Gasteiger partial charge is 0.319 e. The molecular weight excluding hydrogens is 287 g/mol. The average Bonchev–Trinajstić information content (AvgIpc) is 2.78. The Morgan fingerprint density at radius 2 is 1.95 bits per heavy atom. The van der Waals surface area contributed by atoms with Crippen LogP contribution in [-0.2, 0) is 6.54 Å². The van der Waals surface area contributed by atoms with E-state index in [2.05, 4.69) is 15.7 Å². The summed E-state index contributed by atoms with van der Waals surface area (Å²) >= 11 is 11.5. The van der Waals surface area contributed by atoms with Gasteiger partial charge in [0, 0.05) is 23.5 Å². The minimum atomic E-state index is -0.277. The highest BCUT2D eigenvalue weighted by molar-refractivity contribution is 6.30. The van der Waals surface area contributed by atoms with E-state index in [1.54, 1.807) is 41.3 Å². The number of nitrogens with one attached hydrogen (secondary N) is 2. The molecule has 2 amide bonds. The highest BCUT2D eigenvalue weighted by Gasteiger charge is 2.01. The van der Waals surface area contributed by atoms with E-state index < -0.39 is 0 Å². The molecule has 2 N–H and O–H groups in total. The molecule has 1 heterocycles. The zero-order chi connectivity index (χ0) is 13.7. The lowest BCUT2D eigenvalue weighted by atomic mass is 10.3. The molecule has 5 nitrogen and oxygen atoms in total. The van der Waals surface area contributed by atoms with Crippen LogP contribution in [0.4, 0.5) is 10.5 Å². The van der Waals surface area contributed by atoms with Gasteiger partial charge in [0.25, 0.3) is 0 Å². The fraction of sp³-hybridized carbons (Fsp3) is 0.167. The minimum Gasteiger partial charge on any atom is -0.336 e. The van der Waals surface area contributed by atoms with Crippen LogP contribution in [0.5, 0.6) is 0 Å². The van der Waals surface area contributed by atoms with E-state index in [1.165, 1.54) is 0 Å². The first-order valence-corrected chi connectivity index (χ1v) is 6.37. The number of carbonyl (C=O) groups is 1. The third kappa shape index (κ3) is 4.46. The largest absolute Gasteiger partial charge is 0.336 e. The number of benzene rings is 1. The summed E-state index contributed by atoms with van der Waals surface area (Å²) in [5.74, 6) is 0. The summed E-state index contributed by atoms with van der Waals surface area (Å²) in [6.45, 7) is 1.01. The molecule has 100 valence electrons. The Labute approximate surface area is 120 Å². The summed E-state index contributed by atoms with van der Waals surface area (Å²) in [7, 11) is 0. The Morgan fingerprint density at radius 3 is 2.58 bits per heavy atom. The molecule has 0 unspecified atom stereocenters. The molecule has 0 bridgehead atoms. The van der Waals surface area contributed by atoms with Crippen molar-refractivity contribution in [3.05, 3.63) is 46.7 Å². The number of rotatable bonds is 4. The van der Waals surface area contributed by atoms with Gasteiger partial charge < -0.3 is 10.6 Å². The van der Waals surface area contributed by atoms with Gasteiger partial charge in [0.2, 0.25) is 0 Å². The third-order valence-corrected chi connectivity index (χ3v) is 2.78. The molecule has 0 aliphatic heterocycles. The van der Waals surface area contributed by atoms with E-state index in [0.29, 0.717) is 28.8 Å². The topological polar surface area (TPSA) is 59.0 Å². The zero-order valence-corrected chi connectivity index (χ0v) is 11.4. The lowest BCUT2D eigenvalue weighted by Crippen LogP contribution is -2.31. The third-order valence-electron chi connectivity index (χ3n) is 2.33. The lowest BCUT2D eigenvalue weighted by molar-refractivity contribution is 0.251. The molecule has 0 fully saturated rings. The Kier molecular flexibility index (Phi) is 4.65. The highest BCUT2D eigenvalue weighted by Crippen LogP contribution is 2.12. The molecule has 0 spiro atoms. The monoisotopic (exact) mass is 298 g/mol. The van der Waals surface area contributed by atoms with Crippen molar-refractivity contribution in [1.82, 2.24) is 15.1 Å². The number of anilines is 1. The summed E-state index contributed by atoms with van der Waals surface area (Å²) in [6, 6.07) is 6.61. The summed E-state index contributed by atoms with van der Waals surface area (Å²) < 4.78 is 1.66. The number of halogens is 2. The van der Waals surface area contributed by atoms with E-state index in [4.69, 9.17) is 23.2 Å². The van der Waals surface area contributed by atoms with Crippen LogP contribution in [-0.4, -0.2) is 22.4 Å². The number of aromatic nitrogens is 2. The molecule has 1 aromatic carbocycles. The Balaban J connectivity index is 1.74. The van der Waals surface area contributed by atoms with Gasteiger partial charge in [-0.1, -0.05) is 23.2 Å². The van der Waals surface area contributed by atoms with E-state index >= 15 is 0 Å². The van der Waals surface area contributed by atoms with Gasteiger partial charge in [0.15, 0.2) is 0 Å². The van der Waals surface area contributed by atoms with Crippen molar-refractivity contribution in [2.45, 2.75) is 6.54 Å². The summed E-state index contributed by atoms with van der Waals surface area (Å²) in [5.41, 5.74) is 0.684. The Morgan fingerprint density at radius 1 is 1.21 bits per heavy atom. The van der Waals surface area contributed by atoms with Gasteiger partial charge >= 0.3 is 6.03 Å². The van der Waals surface area contributed by atoms with Crippen molar-refractivity contribution in [1.29, 1.82) is 0 Å². The Hall–Kier alpha value is -1.72. The highest BCUT2D eigenvalue weighted by atomic mass is 35.5. The second kappa shape index (κ2) is 6.45. The van der Waals surface area contributed by atoms with Gasteiger partial charge in [0.05, 0.1) is 17.8 Å². The summed E-state index contributed by atoms with van der Waals surface area (Å²) in [4.78, 5) is 11.6. The van der Waals surface area contributed by atoms with Crippen LogP contribution in [0.2, 0.25) is 10.0 Å². The quantitative estimate of drug-likeness (QED) is 0.911. The van der Waals surface area contributed by atoms with Gasteiger partial charge in [-0.2, -0.15) is 5.10 Å². The molecule has 1 aromatic heterocycles. The number of carbonyl (C=O) groups excluding carboxylic acids is 1. The van der Waals surface area contributed by atoms with Crippen LogP contribution in [0.3, 0.4) is 0 Å². The van der Waals surface area contributed by atoms with Crippen molar-refractivity contribution in [3.8, 4) is 0 Å².